The largest absolute Gasteiger partial charge is 0.416 e. The third-order valence-corrected chi connectivity index (χ3v) is 7.29. The molecule has 1 saturated heterocycles. The van der Waals surface area contributed by atoms with Crippen LogP contribution in [0.4, 0.5) is 13.2 Å². The summed E-state index contributed by atoms with van der Waals surface area (Å²) in [6.45, 7) is 5.75. The van der Waals surface area contributed by atoms with Crippen LogP contribution >= 0.6 is 0 Å². The predicted molar refractivity (Wildman–Crippen MR) is 133 cm³/mol. The minimum absolute atomic E-state index is 0.0696. The summed E-state index contributed by atoms with van der Waals surface area (Å²) in [5.74, 6) is -1.11. The third kappa shape index (κ3) is 6.22. The third-order valence-electron chi connectivity index (χ3n) is 7.29. The molecule has 0 unspecified atom stereocenters. The van der Waals surface area contributed by atoms with Crippen molar-refractivity contribution in [2.24, 2.45) is 0 Å². The maximum Gasteiger partial charge on any atom is 0.416 e. The highest BCUT2D eigenvalue weighted by atomic mass is 19.4. The zero-order chi connectivity index (χ0) is 27.1. The van der Waals surface area contributed by atoms with E-state index in [0.717, 1.165) is 36.1 Å². The van der Waals surface area contributed by atoms with Crippen LogP contribution in [0.15, 0.2) is 48.5 Å². The molecule has 2 saturated carbocycles. The van der Waals surface area contributed by atoms with E-state index in [1.165, 1.54) is 6.07 Å². The second-order valence-electron chi connectivity index (χ2n) is 11.1. The Morgan fingerprint density at radius 3 is 2.42 bits per heavy atom. The van der Waals surface area contributed by atoms with Crippen molar-refractivity contribution in [2.45, 2.75) is 102 Å². The molecule has 1 amide bonds. The summed E-state index contributed by atoms with van der Waals surface area (Å²) in [4.78, 5) is 13.7. The lowest BCUT2D eigenvalue weighted by molar-refractivity contribution is -0.183. The number of halogens is 3. The quantitative estimate of drug-likeness (QED) is 0.489. The number of nitrogens with one attached hydrogen (secondary N) is 1. The second kappa shape index (κ2) is 10.3. The number of hydrogen-bond donors (Lipinski definition) is 1. The molecule has 6 nitrogen and oxygen atoms in total. The van der Waals surface area contributed by atoms with Crippen molar-refractivity contribution in [3.63, 3.8) is 0 Å². The molecule has 0 bridgehead atoms. The van der Waals surface area contributed by atoms with Gasteiger partial charge in [-0.3, -0.25) is 4.79 Å². The summed E-state index contributed by atoms with van der Waals surface area (Å²) in [6, 6.07) is 13.1. The molecule has 5 rings (SSSR count). The SMILES string of the molecule is Cc1cccc(CO[C@]2(C(=O)NC3CC3)C[C@@H](OCc3cccc(C(F)(F)F)c3)[C@@H]3OC(C)(C)O[C@@H]3C2)c1. The number of ether oxygens (including phenoxy) is 4. The fraction of sp³-hybridized carbons (Fsp3) is 0.552. The van der Waals surface area contributed by atoms with Gasteiger partial charge < -0.3 is 24.3 Å². The van der Waals surface area contributed by atoms with Crippen LogP contribution < -0.4 is 5.32 Å². The van der Waals surface area contributed by atoms with Gasteiger partial charge in [0, 0.05) is 18.9 Å². The van der Waals surface area contributed by atoms with Gasteiger partial charge in [0.1, 0.15) is 6.10 Å². The van der Waals surface area contributed by atoms with E-state index in [4.69, 9.17) is 18.9 Å². The highest BCUT2D eigenvalue weighted by Gasteiger charge is 2.58. The molecule has 2 aliphatic carbocycles. The van der Waals surface area contributed by atoms with Crippen LogP contribution in [0.5, 0.6) is 0 Å². The number of aryl methyl sites for hydroxylation is 1. The Labute approximate surface area is 220 Å². The van der Waals surface area contributed by atoms with Crippen LogP contribution in [-0.4, -0.2) is 41.6 Å². The molecule has 9 heteroatoms. The maximum absolute atomic E-state index is 13.7. The van der Waals surface area contributed by atoms with Gasteiger partial charge in [0.05, 0.1) is 31.0 Å². The van der Waals surface area contributed by atoms with Crippen molar-refractivity contribution < 1.29 is 36.9 Å². The fourth-order valence-electron chi connectivity index (χ4n) is 5.32. The van der Waals surface area contributed by atoms with Crippen molar-refractivity contribution in [2.75, 3.05) is 0 Å². The molecular weight excluding hydrogens is 499 g/mol. The van der Waals surface area contributed by atoms with E-state index in [2.05, 4.69) is 5.32 Å². The van der Waals surface area contributed by atoms with E-state index >= 15 is 0 Å². The molecule has 1 aliphatic heterocycles. The summed E-state index contributed by atoms with van der Waals surface area (Å²) < 4.78 is 64.7. The molecule has 0 spiro atoms. The standard InChI is InChI=1S/C29H34F3NO5/c1-18-6-4-7-19(12-18)17-36-28(26(34)33-22-10-11-22)14-23(25-24(15-28)37-27(2,3)38-25)35-16-20-8-5-9-21(13-20)29(30,31)32/h4-9,12-13,22-25H,10-11,14-17H2,1-3H3,(H,33,34)/t23-,24-,25+,28-/m1/s1. The molecule has 0 radical (unpaired) electrons. The van der Waals surface area contributed by atoms with Gasteiger partial charge in [-0.05, 0) is 56.9 Å². The fourth-order valence-corrected chi connectivity index (χ4v) is 5.32. The Kier molecular flexibility index (Phi) is 7.32. The van der Waals surface area contributed by atoms with Crippen LogP contribution in [0.3, 0.4) is 0 Å². The first-order valence-electron chi connectivity index (χ1n) is 13.1. The zero-order valence-corrected chi connectivity index (χ0v) is 21.8. The Balaban J connectivity index is 1.40. The molecule has 3 fully saturated rings. The molecule has 206 valence electrons. The van der Waals surface area contributed by atoms with Crippen molar-refractivity contribution in [1.29, 1.82) is 0 Å². The van der Waals surface area contributed by atoms with Crippen LogP contribution in [0.2, 0.25) is 0 Å². The lowest BCUT2D eigenvalue weighted by atomic mass is 9.78. The summed E-state index contributed by atoms with van der Waals surface area (Å²) in [5.41, 5.74) is 0.435. The van der Waals surface area contributed by atoms with Gasteiger partial charge >= 0.3 is 6.18 Å². The number of carbonyl (C=O) groups excluding carboxylic acids is 1. The first-order valence-corrected chi connectivity index (χ1v) is 13.1. The topological polar surface area (TPSA) is 66.0 Å². The van der Waals surface area contributed by atoms with Crippen molar-refractivity contribution in [3.05, 3.63) is 70.8 Å². The van der Waals surface area contributed by atoms with E-state index in [1.54, 1.807) is 19.9 Å². The summed E-state index contributed by atoms with van der Waals surface area (Å²) >= 11 is 0. The minimum Gasteiger partial charge on any atom is -0.371 e. The van der Waals surface area contributed by atoms with Crippen molar-refractivity contribution in [3.8, 4) is 0 Å². The molecule has 38 heavy (non-hydrogen) atoms. The van der Waals surface area contributed by atoms with Gasteiger partial charge in [0.2, 0.25) is 0 Å². The molecular formula is C29H34F3NO5. The first kappa shape index (κ1) is 27.1. The molecule has 4 atom stereocenters. The average molecular weight is 534 g/mol. The number of alkyl halides is 3. The molecule has 1 N–H and O–H groups in total. The molecule has 3 aliphatic rings. The summed E-state index contributed by atoms with van der Waals surface area (Å²) in [7, 11) is 0. The lowest BCUT2D eigenvalue weighted by Crippen LogP contribution is -2.60. The highest BCUT2D eigenvalue weighted by Crippen LogP contribution is 2.44. The minimum atomic E-state index is -4.45. The Morgan fingerprint density at radius 2 is 1.74 bits per heavy atom. The summed E-state index contributed by atoms with van der Waals surface area (Å²) in [6.07, 6.45) is -3.72. The number of carbonyl (C=O) groups is 1. The van der Waals surface area contributed by atoms with Crippen LogP contribution in [0.1, 0.15) is 61.8 Å². The Bertz CT molecular complexity index is 1160. The smallest absolute Gasteiger partial charge is 0.371 e. The van der Waals surface area contributed by atoms with E-state index in [0.29, 0.717) is 5.56 Å². The van der Waals surface area contributed by atoms with Crippen molar-refractivity contribution >= 4 is 5.91 Å². The maximum atomic E-state index is 13.7. The summed E-state index contributed by atoms with van der Waals surface area (Å²) in [5, 5.41) is 3.09. The normalized spacial score (nSPS) is 28.6. The number of fused-ring (bicyclic) bond motifs is 1. The monoisotopic (exact) mass is 533 g/mol. The number of rotatable bonds is 8. The van der Waals surface area contributed by atoms with Crippen molar-refractivity contribution in [1.82, 2.24) is 5.32 Å². The van der Waals surface area contributed by atoms with Gasteiger partial charge in [0.15, 0.2) is 11.4 Å². The first-order chi connectivity index (χ1) is 17.9. The van der Waals surface area contributed by atoms with E-state index in [1.807, 2.05) is 31.2 Å². The zero-order valence-electron chi connectivity index (χ0n) is 21.8. The van der Waals surface area contributed by atoms with Gasteiger partial charge in [-0.1, -0.05) is 42.0 Å². The Hall–Kier alpha value is -2.46. The van der Waals surface area contributed by atoms with Gasteiger partial charge in [-0.25, -0.2) is 0 Å². The second-order valence-corrected chi connectivity index (χ2v) is 11.1. The average Bonchev–Trinajstić information content (AvgIpc) is 3.60. The van der Waals surface area contributed by atoms with Crippen LogP contribution in [0.25, 0.3) is 0 Å². The lowest BCUT2D eigenvalue weighted by Gasteiger charge is -2.43. The Morgan fingerprint density at radius 1 is 1.03 bits per heavy atom. The van der Waals surface area contributed by atoms with Crippen LogP contribution in [-0.2, 0) is 43.1 Å². The van der Waals surface area contributed by atoms with Crippen LogP contribution in [0, 0.1) is 6.92 Å². The molecule has 2 aromatic carbocycles. The molecule has 2 aromatic rings. The van der Waals surface area contributed by atoms with E-state index in [-0.39, 0.29) is 38.0 Å². The number of hydrogen-bond acceptors (Lipinski definition) is 5. The van der Waals surface area contributed by atoms with Gasteiger partial charge in [-0.2, -0.15) is 13.2 Å². The predicted octanol–water partition coefficient (Wildman–Crippen LogP) is 5.45. The van der Waals surface area contributed by atoms with E-state index < -0.39 is 41.4 Å². The van der Waals surface area contributed by atoms with Gasteiger partial charge in [-0.15, -0.1) is 0 Å². The van der Waals surface area contributed by atoms with E-state index in [9.17, 15) is 18.0 Å². The highest BCUT2D eigenvalue weighted by molar-refractivity contribution is 5.86. The number of benzene rings is 2. The number of amides is 1. The molecule has 0 aromatic heterocycles. The molecule has 1 heterocycles. The van der Waals surface area contributed by atoms with Gasteiger partial charge in [0.25, 0.3) is 5.91 Å².